The Labute approximate surface area is 106 Å². The van der Waals surface area contributed by atoms with Crippen LogP contribution in [-0.2, 0) is 4.74 Å². The maximum atomic E-state index is 13.2. The van der Waals surface area contributed by atoms with Crippen LogP contribution in [0, 0.1) is 5.82 Å². The second-order valence-electron chi connectivity index (χ2n) is 4.02. The van der Waals surface area contributed by atoms with Crippen LogP contribution < -0.4 is 11.1 Å². The molecule has 0 heterocycles. The van der Waals surface area contributed by atoms with Crippen LogP contribution in [0.5, 0.6) is 0 Å². The SMILES string of the molecule is CCC(CN)(COC)Nc1cc(F)ccc1Cl. The van der Waals surface area contributed by atoms with Crippen LogP contribution in [0.25, 0.3) is 0 Å². The predicted molar refractivity (Wildman–Crippen MR) is 69.0 cm³/mol. The van der Waals surface area contributed by atoms with Crippen LogP contribution in [0.15, 0.2) is 18.2 Å². The predicted octanol–water partition coefficient (Wildman–Crippen LogP) is 2.64. The second-order valence-corrected chi connectivity index (χ2v) is 4.43. The van der Waals surface area contributed by atoms with Crippen molar-refractivity contribution in [1.82, 2.24) is 0 Å². The van der Waals surface area contributed by atoms with Gasteiger partial charge in [0.25, 0.3) is 0 Å². The van der Waals surface area contributed by atoms with Crippen molar-refractivity contribution in [2.24, 2.45) is 5.73 Å². The van der Waals surface area contributed by atoms with Gasteiger partial charge in [0.15, 0.2) is 0 Å². The van der Waals surface area contributed by atoms with E-state index >= 15 is 0 Å². The zero-order valence-electron chi connectivity index (χ0n) is 10.1. The van der Waals surface area contributed by atoms with E-state index < -0.39 is 5.54 Å². The third-order valence-corrected chi connectivity index (χ3v) is 3.15. The molecule has 5 heteroatoms. The van der Waals surface area contributed by atoms with Crippen molar-refractivity contribution in [3.63, 3.8) is 0 Å². The summed E-state index contributed by atoms with van der Waals surface area (Å²) in [6, 6.07) is 4.20. The average Bonchev–Trinajstić information content (AvgIpc) is 2.33. The first-order valence-corrected chi connectivity index (χ1v) is 5.87. The molecule has 0 saturated heterocycles. The van der Waals surface area contributed by atoms with Crippen molar-refractivity contribution in [1.29, 1.82) is 0 Å². The third kappa shape index (κ3) is 3.56. The van der Waals surface area contributed by atoms with E-state index in [-0.39, 0.29) is 5.82 Å². The smallest absolute Gasteiger partial charge is 0.125 e. The fourth-order valence-corrected chi connectivity index (χ4v) is 1.80. The van der Waals surface area contributed by atoms with E-state index in [4.69, 9.17) is 22.1 Å². The molecule has 3 N–H and O–H groups in total. The number of benzene rings is 1. The van der Waals surface area contributed by atoms with E-state index in [0.717, 1.165) is 6.42 Å². The molecule has 1 aromatic rings. The van der Waals surface area contributed by atoms with E-state index in [0.29, 0.717) is 23.9 Å². The van der Waals surface area contributed by atoms with Crippen molar-refractivity contribution in [3.8, 4) is 0 Å². The van der Waals surface area contributed by atoms with Gasteiger partial charge in [0.1, 0.15) is 5.82 Å². The molecule has 0 aliphatic rings. The Hall–Kier alpha value is -0.840. The van der Waals surface area contributed by atoms with Gasteiger partial charge < -0.3 is 15.8 Å². The number of ether oxygens (including phenoxy) is 1. The van der Waals surface area contributed by atoms with Gasteiger partial charge in [-0.2, -0.15) is 0 Å². The Kier molecular flexibility index (Phi) is 5.18. The molecule has 17 heavy (non-hydrogen) atoms. The third-order valence-electron chi connectivity index (χ3n) is 2.82. The molecular weight excluding hydrogens is 243 g/mol. The molecule has 3 nitrogen and oxygen atoms in total. The van der Waals surface area contributed by atoms with Crippen molar-refractivity contribution in [2.45, 2.75) is 18.9 Å². The van der Waals surface area contributed by atoms with Gasteiger partial charge in [0.05, 0.1) is 22.9 Å². The lowest BCUT2D eigenvalue weighted by Crippen LogP contribution is -2.49. The Morgan fingerprint density at radius 3 is 2.76 bits per heavy atom. The fraction of sp³-hybridized carbons (Fsp3) is 0.500. The van der Waals surface area contributed by atoms with E-state index in [1.54, 1.807) is 7.11 Å². The molecule has 1 rings (SSSR count). The first-order valence-electron chi connectivity index (χ1n) is 5.49. The van der Waals surface area contributed by atoms with Gasteiger partial charge in [-0.25, -0.2) is 4.39 Å². The first-order chi connectivity index (χ1) is 8.06. The van der Waals surface area contributed by atoms with Crippen molar-refractivity contribution in [2.75, 3.05) is 25.6 Å². The summed E-state index contributed by atoms with van der Waals surface area (Å²) in [5.41, 5.74) is 5.87. The number of rotatable bonds is 6. The molecule has 1 atom stereocenters. The van der Waals surface area contributed by atoms with Crippen LogP contribution in [-0.4, -0.2) is 25.8 Å². The van der Waals surface area contributed by atoms with Crippen LogP contribution in [0.3, 0.4) is 0 Å². The molecule has 0 bridgehead atoms. The normalized spacial score (nSPS) is 14.4. The topological polar surface area (TPSA) is 47.3 Å². The Balaban J connectivity index is 2.96. The monoisotopic (exact) mass is 260 g/mol. The van der Waals surface area contributed by atoms with E-state index in [1.165, 1.54) is 18.2 Å². The van der Waals surface area contributed by atoms with Gasteiger partial charge in [-0.05, 0) is 24.6 Å². The molecule has 0 aromatic heterocycles. The zero-order valence-corrected chi connectivity index (χ0v) is 10.9. The Morgan fingerprint density at radius 2 is 2.24 bits per heavy atom. The Bertz CT molecular complexity index is 370. The molecule has 0 fully saturated rings. The highest BCUT2D eigenvalue weighted by atomic mass is 35.5. The number of nitrogens with two attached hydrogens (primary N) is 1. The lowest BCUT2D eigenvalue weighted by atomic mass is 9.97. The minimum absolute atomic E-state index is 0.337. The first kappa shape index (κ1) is 14.2. The molecule has 96 valence electrons. The zero-order chi connectivity index (χ0) is 12.9. The molecular formula is C12H18ClFN2O. The highest BCUT2D eigenvalue weighted by Gasteiger charge is 2.27. The minimum Gasteiger partial charge on any atom is -0.382 e. The summed E-state index contributed by atoms with van der Waals surface area (Å²) in [5, 5.41) is 3.65. The highest BCUT2D eigenvalue weighted by molar-refractivity contribution is 6.33. The molecule has 0 aliphatic carbocycles. The molecule has 0 amide bonds. The maximum Gasteiger partial charge on any atom is 0.125 e. The number of hydrogen-bond acceptors (Lipinski definition) is 3. The van der Waals surface area contributed by atoms with Crippen LogP contribution in [0.4, 0.5) is 10.1 Å². The summed E-state index contributed by atoms with van der Waals surface area (Å²) in [6.45, 7) is 2.81. The number of methoxy groups -OCH3 is 1. The van der Waals surface area contributed by atoms with Crippen LogP contribution in [0.1, 0.15) is 13.3 Å². The number of halogens is 2. The summed E-state index contributed by atoms with van der Waals surface area (Å²) >= 11 is 6.01. The minimum atomic E-state index is -0.424. The summed E-state index contributed by atoms with van der Waals surface area (Å²) in [5.74, 6) is -0.337. The number of hydrogen-bond donors (Lipinski definition) is 2. The lowest BCUT2D eigenvalue weighted by Gasteiger charge is -2.33. The Morgan fingerprint density at radius 1 is 1.53 bits per heavy atom. The number of nitrogens with one attached hydrogen (secondary N) is 1. The van der Waals surface area contributed by atoms with Crippen LogP contribution >= 0.6 is 11.6 Å². The van der Waals surface area contributed by atoms with Gasteiger partial charge in [0.2, 0.25) is 0 Å². The van der Waals surface area contributed by atoms with E-state index in [1.807, 2.05) is 6.92 Å². The molecule has 0 radical (unpaired) electrons. The van der Waals surface area contributed by atoms with Crippen molar-refractivity contribution >= 4 is 17.3 Å². The summed E-state index contributed by atoms with van der Waals surface area (Å²) < 4.78 is 18.3. The van der Waals surface area contributed by atoms with Gasteiger partial charge in [-0.3, -0.25) is 0 Å². The highest BCUT2D eigenvalue weighted by Crippen LogP contribution is 2.27. The van der Waals surface area contributed by atoms with Crippen molar-refractivity contribution in [3.05, 3.63) is 29.0 Å². The average molecular weight is 261 g/mol. The van der Waals surface area contributed by atoms with Crippen molar-refractivity contribution < 1.29 is 9.13 Å². The summed E-state index contributed by atoms with van der Waals surface area (Å²) in [6.07, 6.45) is 0.754. The standard InChI is InChI=1S/C12H18ClFN2O/c1-3-12(7-15,8-17-2)16-11-6-9(14)4-5-10(11)13/h4-6,16H,3,7-8,15H2,1-2H3. The van der Waals surface area contributed by atoms with Gasteiger partial charge in [-0.15, -0.1) is 0 Å². The molecule has 1 aromatic carbocycles. The summed E-state index contributed by atoms with van der Waals surface area (Å²) in [7, 11) is 1.61. The molecule has 1 unspecified atom stereocenters. The second kappa shape index (κ2) is 6.19. The largest absolute Gasteiger partial charge is 0.382 e. The van der Waals surface area contributed by atoms with Gasteiger partial charge >= 0.3 is 0 Å². The van der Waals surface area contributed by atoms with E-state index in [9.17, 15) is 4.39 Å². The van der Waals surface area contributed by atoms with E-state index in [2.05, 4.69) is 5.32 Å². The van der Waals surface area contributed by atoms with Crippen LogP contribution in [0.2, 0.25) is 5.02 Å². The summed E-state index contributed by atoms with van der Waals surface area (Å²) in [4.78, 5) is 0. The lowest BCUT2D eigenvalue weighted by molar-refractivity contribution is 0.143. The maximum absolute atomic E-state index is 13.2. The molecule has 0 spiro atoms. The molecule has 0 aliphatic heterocycles. The van der Waals surface area contributed by atoms with Gasteiger partial charge in [-0.1, -0.05) is 18.5 Å². The number of anilines is 1. The quantitative estimate of drug-likeness (QED) is 0.827. The molecule has 0 saturated carbocycles. The fourth-order valence-electron chi connectivity index (χ4n) is 1.64. The van der Waals surface area contributed by atoms with Gasteiger partial charge in [0, 0.05) is 13.7 Å².